The Morgan fingerprint density at radius 1 is 1.06 bits per heavy atom. The number of hydrogen-bond acceptors (Lipinski definition) is 4. The molecule has 6 rings (SSSR count). The van der Waals surface area contributed by atoms with Crippen molar-refractivity contribution in [2.75, 3.05) is 0 Å². The van der Waals surface area contributed by atoms with Crippen LogP contribution in [0.1, 0.15) is 64.0 Å². The van der Waals surface area contributed by atoms with Gasteiger partial charge in [-0.3, -0.25) is 9.78 Å². The van der Waals surface area contributed by atoms with E-state index in [1.165, 1.54) is 29.6 Å². The highest BCUT2D eigenvalue weighted by Crippen LogP contribution is 2.68. The summed E-state index contributed by atoms with van der Waals surface area (Å²) in [5.74, 6) is 2.12. The van der Waals surface area contributed by atoms with Crippen LogP contribution < -0.4 is 0 Å². The molecular weight excluding hydrogens is 384 g/mol. The average molecular weight is 415 g/mol. The summed E-state index contributed by atoms with van der Waals surface area (Å²) in [6.07, 6.45) is 18.1. The first-order valence-corrected chi connectivity index (χ1v) is 11.7. The van der Waals surface area contributed by atoms with Gasteiger partial charge in [0.05, 0.1) is 18.4 Å². The number of carbonyl (C=O) groups excluding carboxylic acids is 1. The molecule has 160 valence electrons. The molecule has 4 aliphatic carbocycles. The van der Waals surface area contributed by atoms with E-state index in [0.717, 1.165) is 19.3 Å². The minimum atomic E-state index is 0.0630. The van der Waals surface area contributed by atoms with Gasteiger partial charge in [-0.25, -0.2) is 0 Å². The molecule has 0 aliphatic heterocycles. The first kappa shape index (κ1) is 19.1. The van der Waals surface area contributed by atoms with Gasteiger partial charge in [0.1, 0.15) is 0 Å². The molecule has 5 heteroatoms. The van der Waals surface area contributed by atoms with Crippen LogP contribution in [-0.2, 0) is 4.79 Å². The number of hydrogen-bond donors (Lipinski definition) is 0. The SMILES string of the molecule is C[C@]12CCC(=O)C=C1C(n1nccn1)C[C@@H]1[C@@H]2CC[C@]2(C)C(c3cccnc3)=CC[C@@H]12. The maximum absolute atomic E-state index is 12.4. The van der Waals surface area contributed by atoms with Gasteiger partial charge in [-0.05, 0) is 89.5 Å². The Labute approximate surface area is 183 Å². The molecule has 5 nitrogen and oxygen atoms in total. The highest BCUT2D eigenvalue weighted by Gasteiger charge is 2.59. The third-order valence-electron chi connectivity index (χ3n) is 9.25. The zero-order valence-corrected chi connectivity index (χ0v) is 18.4. The van der Waals surface area contributed by atoms with E-state index in [4.69, 9.17) is 0 Å². The van der Waals surface area contributed by atoms with Crippen molar-refractivity contribution in [3.8, 4) is 0 Å². The molecular formula is C26H30N4O. The van der Waals surface area contributed by atoms with Crippen molar-refractivity contribution < 1.29 is 4.79 Å². The Morgan fingerprint density at radius 2 is 1.90 bits per heavy atom. The molecule has 2 heterocycles. The molecule has 0 bridgehead atoms. The number of carbonyl (C=O) groups is 1. The minimum Gasteiger partial charge on any atom is -0.295 e. The molecule has 2 saturated carbocycles. The molecule has 31 heavy (non-hydrogen) atoms. The third kappa shape index (κ3) is 2.68. The fourth-order valence-corrected chi connectivity index (χ4v) is 7.75. The van der Waals surface area contributed by atoms with Crippen LogP contribution in [0.2, 0.25) is 0 Å². The van der Waals surface area contributed by atoms with E-state index >= 15 is 0 Å². The van der Waals surface area contributed by atoms with E-state index in [-0.39, 0.29) is 22.7 Å². The van der Waals surface area contributed by atoms with Crippen LogP contribution in [0.15, 0.2) is 54.6 Å². The molecule has 2 aromatic rings. The first-order valence-electron chi connectivity index (χ1n) is 11.7. The lowest BCUT2D eigenvalue weighted by Gasteiger charge is -2.59. The van der Waals surface area contributed by atoms with Crippen molar-refractivity contribution in [1.29, 1.82) is 0 Å². The summed E-state index contributed by atoms with van der Waals surface area (Å²) in [6, 6.07) is 4.36. The van der Waals surface area contributed by atoms with E-state index < -0.39 is 0 Å². The standard InChI is InChI=1S/C26H30N4O/c1-25-10-8-22-19(21(25)6-5-20(25)17-4-3-11-27-16-17)15-24(30-28-12-13-29-30)23-14-18(31)7-9-26(22,23)2/h3-5,11-14,16,19,21-22,24H,6-10,15H2,1-2H3/t19-,21-,22-,24?,25+,26+/m0/s1. The second-order valence-corrected chi connectivity index (χ2v) is 10.5. The molecule has 0 saturated heterocycles. The van der Waals surface area contributed by atoms with Crippen molar-refractivity contribution in [3.63, 3.8) is 0 Å². The van der Waals surface area contributed by atoms with Crippen LogP contribution >= 0.6 is 0 Å². The summed E-state index contributed by atoms with van der Waals surface area (Å²) < 4.78 is 0. The quantitative estimate of drug-likeness (QED) is 0.690. The topological polar surface area (TPSA) is 60.7 Å². The molecule has 2 aromatic heterocycles. The number of pyridine rings is 1. The fourth-order valence-electron chi connectivity index (χ4n) is 7.75. The van der Waals surface area contributed by atoms with E-state index in [1.54, 1.807) is 12.4 Å². The highest BCUT2D eigenvalue weighted by atomic mass is 16.1. The average Bonchev–Trinajstić information content (AvgIpc) is 3.42. The summed E-state index contributed by atoms with van der Waals surface area (Å²) in [4.78, 5) is 18.7. The van der Waals surface area contributed by atoms with Crippen LogP contribution in [0.5, 0.6) is 0 Å². The Hall–Kier alpha value is -2.56. The Bertz CT molecular complexity index is 1070. The number of allylic oxidation sites excluding steroid dienone is 4. The molecule has 0 radical (unpaired) electrons. The van der Waals surface area contributed by atoms with Gasteiger partial charge >= 0.3 is 0 Å². The smallest absolute Gasteiger partial charge is 0.155 e. The zero-order chi connectivity index (χ0) is 21.2. The monoisotopic (exact) mass is 414 g/mol. The summed E-state index contributed by atoms with van der Waals surface area (Å²) in [6.45, 7) is 4.91. The molecule has 0 spiro atoms. The highest BCUT2D eigenvalue weighted by molar-refractivity contribution is 5.91. The van der Waals surface area contributed by atoms with Crippen molar-refractivity contribution >= 4 is 11.4 Å². The minimum absolute atomic E-state index is 0.0630. The van der Waals surface area contributed by atoms with Crippen LogP contribution in [-0.4, -0.2) is 25.8 Å². The molecule has 0 aromatic carbocycles. The second-order valence-electron chi connectivity index (χ2n) is 10.5. The summed E-state index contributed by atoms with van der Waals surface area (Å²) in [5.41, 5.74) is 4.30. The second kappa shape index (κ2) is 6.72. The van der Waals surface area contributed by atoms with Gasteiger partial charge in [0.2, 0.25) is 0 Å². The van der Waals surface area contributed by atoms with Gasteiger partial charge < -0.3 is 0 Å². The predicted octanol–water partition coefficient (Wildman–Crippen LogP) is 5.05. The van der Waals surface area contributed by atoms with Crippen molar-refractivity contribution in [3.05, 3.63) is 60.2 Å². The number of nitrogens with zero attached hydrogens (tertiary/aromatic N) is 4. The summed E-state index contributed by atoms with van der Waals surface area (Å²) in [7, 11) is 0. The van der Waals surface area contributed by atoms with Crippen molar-refractivity contribution in [2.45, 2.75) is 58.4 Å². The maximum atomic E-state index is 12.4. The van der Waals surface area contributed by atoms with E-state index in [0.29, 0.717) is 24.2 Å². The van der Waals surface area contributed by atoms with Crippen LogP contribution in [0, 0.1) is 28.6 Å². The van der Waals surface area contributed by atoms with Gasteiger partial charge in [-0.1, -0.05) is 26.0 Å². The number of fused-ring (bicyclic) bond motifs is 5. The van der Waals surface area contributed by atoms with Gasteiger partial charge in [-0.15, -0.1) is 0 Å². The fraction of sp³-hybridized carbons (Fsp3) is 0.538. The maximum Gasteiger partial charge on any atom is 0.155 e. The molecule has 0 N–H and O–H groups in total. The van der Waals surface area contributed by atoms with Crippen LogP contribution in [0.3, 0.4) is 0 Å². The predicted molar refractivity (Wildman–Crippen MR) is 119 cm³/mol. The van der Waals surface area contributed by atoms with Crippen molar-refractivity contribution in [1.82, 2.24) is 20.0 Å². The zero-order valence-electron chi connectivity index (χ0n) is 18.4. The molecule has 6 atom stereocenters. The Kier molecular flexibility index (Phi) is 4.15. The third-order valence-corrected chi connectivity index (χ3v) is 9.25. The number of aromatic nitrogens is 4. The normalized spacial score (nSPS) is 39.2. The van der Waals surface area contributed by atoms with E-state index in [1.807, 2.05) is 23.3 Å². The van der Waals surface area contributed by atoms with Gasteiger partial charge in [0.15, 0.2) is 5.78 Å². The summed E-state index contributed by atoms with van der Waals surface area (Å²) >= 11 is 0. The lowest BCUT2D eigenvalue weighted by molar-refractivity contribution is -0.117. The number of ketones is 1. The van der Waals surface area contributed by atoms with Crippen LogP contribution in [0.25, 0.3) is 5.57 Å². The Balaban J connectivity index is 1.41. The molecule has 4 aliphatic rings. The summed E-state index contributed by atoms with van der Waals surface area (Å²) in [5, 5.41) is 9.04. The van der Waals surface area contributed by atoms with Gasteiger partial charge in [-0.2, -0.15) is 15.0 Å². The van der Waals surface area contributed by atoms with E-state index in [9.17, 15) is 4.79 Å². The molecule has 2 fully saturated rings. The lowest BCUT2D eigenvalue weighted by Crippen LogP contribution is -2.52. The largest absolute Gasteiger partial charge is 0.295 e. The molecule has 0 amide bonds. The molecule has 1 unspecified atom stereocenters. The number of rotatable bonds is 2. The first-order chi connectivity index (χ1) is 15.0. The van der Waals surface area contributed by atoms with Gasteiger partial charge in [0, 0.05) is 18.8 Å². The van der Waals surface area contributed by atoms with Gasteiger partial charge in [0.25, 0.3) is 0 Å². The lowest BCUT2D eigenvalue weighted by atomic mass is 9.46. The Morgan fingerprint density at radius 3 is 2.68 bits per heavy atom. The van der Waals surface area contributed by atoms with E-state index in [2.05, 4.69) is 47.2 Å². The van der Waals surface area contributed by atoms with Crippen molar-refractivity contribution in [2.24, 2.45) is 28.6 Å². The van der Waals surface area contributed by atoms with Crippen LogP contribution in [0.4, 0.5) is 0 Å².